The molecule has 0 N–H and O–H groups in total. The first kappa shape index (κ1) is 11.7. The maximum atomic E-state index is 4.46. The van der Waals surface area contributed by atoms with Crippen LogP contribution in [-0.4, -0.2) is 15.0 Å². The monoisotopic (exact) mass is 227 g/mol. The van der Waals surface area contributed by atoms with Crippen molar-refractivity contribution < 1.29 is 0 Å². The van der Waals surface area contributed by atoms with Gasteiger partial charge in [-0.3, -0.25) is 4.98 Å². The highest BCUT2D eigenvalue weighted by Gasteiger charge is 2.05. The molecule has 0 aliphatic carbocycles. The van der Waals surface area contributed by atoms with E-state index < -0.39 is 0 Å². The first-order valence-electron chi connectivity index (χ1n) is 5.85. The summed E-state index contributed by atoms with van der Waals surface area (Å²) in [5, 5.41) is 0. The largest absolute Gasteiger partial charge is 0.254 e. The molecule has 0 unspecified atom stereocenters. The van der Waals surface area contributed by atoms with E-state index in [4.69, 9.17) is 0 Å². The van der Waals surface area contributed by atoms with E-state index in [0.29, 0.717) is 5.92 Å². The molecule has 0 saturated carbocycles. The van der Waals surface area contributed by atoms with Crippen molar-refractivity contribution in [2.45, 2.75) is 33.6 Å². The Morgan fingerprint density at radius 3 is 2.29 bits per heavy atom. The number of aromatic nitrogens is 3. The van der Waals surface area contributed by atoms with Gasteiger partial charge in [0.2, 0.25) is 0 Å². The number of rotatable bonds is 2. The first-order valence-corrected chi connectivity index (χ1v) is 5.85. The zero-order valence-electron chi connectivity index (χ0n) is 10.7. The molecule has 0 aliphatic rings. The Balaban J connectivity index is 2.39. The van der Waals surface area contributed by atoms with Crippen molar-refractivity contribution in [2.24, 2.45) is 0 Å². The average molecular weight is 227 g/mol. The number of hydrogen-bond donors (Lipinski definition) is 0. The molecule has 0 amide bonds. The topological polar surface area (TPSA) is 38.7 Å². The molecule has 3 nitrogen and oxygen atoms in total. The normalized spacial score (nSPS) is 10.9. The summed E-state index contributed by atoms with van der Waals surface area (Å²) in [7, 11) is 0. The van der Waals surface area contributed by atoms with Crippen molar-refractivity contribution in [1.29, 1.82) is 0 Å². The minimum Gasteiger partial charge on any atom is -0.254 e. The Bertz CT molecular complexity index is 495. The molecule has 0 aliphatic heterocycles. The number of aryl methyl sites for hydroxylation is 2. The Hall–Kier alpha value is -1.77. The van der Waals surface area contributed by atoms with Crippen molar-refractivity contribution in [3.63, 3.8) is 0 Å². The van der Waals surface area contributed by atoms with Crippen LogP contribution in [0.3, 0.4) is 0 Å². The highest BCUT2D eigenvalue weighted by molar-refractivity contribution is 5.54. The summed E-state index contributed by atoms with van der Waals surface area (Å²) in [6.45, 7) is 8.20. The fourth-order valence-corrected chi connectivity index (χ4v) is 1.75. The van der Waals surface area contributed by atoms with Crippen LogP contribution in [-0.2, 0) is 0 Å². The standard InChI is InChI=1S/C14H17N3/c1-9(2)12-5-6-13(15-8-12)14-7-10(3)16-11(4)17-14/h5-9H,1-4H3. The maximum absolute atomic E-state index is 4.46. The number of nitrogens with zero attached hydrogens (tertiary/aromatic N) is 3. The second kappa shape index (κ2) is 4.62. The molecule has 88 valence electrons. The van der Waals surface area contributed by atoms with Crippen LogP contribution in [0.25, 0.3) is 11.4 Å². The zero-order valence-corrected chi connectivity index (χ0v) is 10.7. The highest BCUT2D eigenvalue weighted by Crippen LogP contribution is 2.18. The van der Waals surface area contributed by atoms with Gasteiger partial charge in [-0.1, -0.05) is 19.9 Å². The Labute approximate surface area is 102 Å². The fraction of sp³-hybridized carbons (Fsp3) is 0.357. The van der Waals surface area contributed by atoms with Gasteiger partial charge in [0.25, 0.3) is 0 Å². The van der Waals surface area contributed by atoms with Crippen LogP contribution in [0.15, 0.2) is 24.4 Å². The summed E-state index contributed by atoms with van der Waals surface area (Å²) in [4.78, 5) is 13.1. The zero-order chi connectivity index (χ0) is 12.4. The van der Waals surface area contributed by atoms with Gasteiger partial charge >= 0.3 is 0 Å². The summed E-state index contributed by atoms with van der Waals surface area (Å²) < 4.78 is 0. The molecule has 2 heterocycles. The fourth-order valence-electron chi connectivity index (χ4n) is 1.75. The van der Waals surface area contributed by atoms with Crippen LogP contribution < -0.4 is 0 Å². The van der Waals surface area contributed by atoms with Gasteiger partial charge in [0, 0.05) is 11.9 Å². The SMILES string of the molecule is Cc1cc(-c2ccc(C(C)C)cn2)nc(C)n1. The van der Waals surface area contributed by atoms with Gasteiger partial charge in [-0.15, -0.1) is 0 Å². The van der Waals surface area contributed by atoms with E-state index in [0.717, 1.165) is 22.9 Å². The Morgan fingerprint density at radius 1 is 1.00 bits per heavy atom. The summed E-state index contributed by atoms with van der Waals surface area (Å²) in [5.41, 5.74) is 4.02. The van der Waals surface area contributed by atoms with Gasteiger partial charge in [-0.25, -0.2) is 9.97 Å². The Kier molecular flexibility index (Phi) is 3.18. The molecule has 17 heavy (non-hydrogen) atoms. The second-order valence-electron chi connectivity index (χ2n) is 4.57. The Morgan fingerprint density at radius 2 is 1.76 bits per heavy atom. The molecule has 0 radical (unpaired) electrons. The summed E-state index contributed by atoms with van der Waals surface area (Å²) in [5.74, 6) is 1.29. The van der Waals surface area contributed by atoms with Crippen molar-refractivity contribution in [3.05, 3.63) is 41.5 Å². The first-order chi connectivity index (χ1) is 8.06. The molecule has 0 fully saturated rings. The molecule has 0 aromatic carbocycles. The lowest BCUT2D eigenvalue weighted by atomic mass is 10.1. The predicted molar refractivity (Wildman–Crippen MR) is 68.8 cm³/mol. The van der Waals surface area contributed by atoms with E-state index in [1.165, 1.54) is 5.56 Å². The van der Waals surface area contributed by atoms with Crippen molar-refractivity contribution >= 4 is 0 Å². The van der Waals surface area contributed by atoms with Crippen LogP contribution in [0, 0.1) is 13.8 Å². The number of pyridine rings is 1. The van der Waals surface area contributed by atoms with E-state index in [9.17, 15) is 0 Å². The van der Waals surface area contributed by atoms with Crippen molar-refractivity contribution in [1.82, 2.24) is 15.0 Å². The van der Waals surface area contributed by atoms with Crippen LogP contribution in [0.2, 0.25) is 0 Å². The quantitative estimate of drug-likeness (QED) is 0.790. The molecule has 2 aromatic rings. The van der Waals surface area contributed by atoms with E-state index in [-0.39, 0.29) is 0 Å². The van der Waals surface area contributed by atoms with E-state index in [1.54, 1.807) is 0 Å². The van der Waals surface area contributed by atoms with Gasteiger partial charge in [0.15, 0.2) is 0 Å². The minimum atomic E-state index is 0.505. The molecule has 2 rings (SSSR count). The van der Waals surface area contributed by atoms with E-state index in [2.05, 4.69) is 34.9 Å². The lowest BCUT2D eigenvalue weighted by molar-refractivity contribution is 0.858. The molecule has 0 saturated heterocycles. The molecule has 0 atom stereocenters. The molecular weight excluding hydrogens is 210 g/mol. The lowest BCUT2D eigenvalue weighted by Crippen LogP contribution is -1.96. The summed E-state index contributed by atoms with van der Waals surface area (Å²) in [6, 6.07) is 6.10. The van der Waals surface area contributed by atoms with Crippen LogP contribution in [0.5, 0.6) is 0 Å². The third-order valence-electron chi connectivity index (χ3n) is 2.68. The van der Waals surface area contributed by atoms with Crippen molar-refractivity contribution in [2.75, 3.05) is 0 Å². The second-order valence-corrected chi connectivity index (χ2v) is 4.57. The minimum absolute atomic E-state index is 0.505. The van der Waals surface area contributed by atoms with Crippen LogP contribution >= 0.6 is 0 Å². The molecule has 2 aromatic heterocycles. The van der Waals surface area contributed by atoms with E-state index >= 15 is 0 Å². The predicted octanol–water partition coefficient (Wildman–Crippen LogP) is 3.28. The molecule has 0 bridgehead atoms. The lowest BCUT2D eigenvalue weighted by Gasteiger charge is -2.06. The molecular formula is C14H17N3. The average Bonchev–Trinajstić information content (AvgIpc) is 2.28. The van der Waals surface area contributed by atoms with Crippen LogP contribution in [0.4, 0.5) is 0 Å². The summed E-state index contributed by atoms with van der Waals surface area (Å²) >= 11 is 0. The third kappa shape index (κ3) is 2.67. The van der Waals surface area contributed by atoms with Gasteiger partial charge < -0.3 is 0 Å². The number of hydrogen-bond acceptors (Lipinski definition) is 3. The highest BCUT2D eigenvalue weighted by atomic mass is 14.9. The van der Waals surface area contributed by atoms with Gasteiger partial charge in [0.1, 0.15) is 5.82 Å². The maximum Gasteiger partial charge on any atom is 0.126 e. The van der Waals surface area contributed by atoms with Crippen molar-refractivity contribution in [3.8, 4) is 11.4 Å². The third-order valence-corrected chi connectivity index (χ3v) is 2.68. The van der Waals surface area contributed by atoms with Gasteiger partial charge in [-0.05, 0) is 37.5 Å². The van der Waals surface area contributed by atoms with E-state index in [1.807, 2.05) is 32.2 Å². The molecule has 0 spiro atoms. The van der Waals surface area contributed by atoms with Crippen LogP contribution in [0.1, 0.15) is 36.8 Å². The van der Waals surface area contributed by atoms with Gasteiger partial charge in [-0.2, -0.15) is 0 Å². The summed E-state index contributed by atoms with van der Waals surface area (Å²) in [6.07, 6.45) is 1.92. The van der Waals surface area contributed by atoms with Gasteiger partial charge in [0.05, 0.1) is 11.4 Å². The molecule has 3 heteroatoms. The smallest absolute Gasteiger partial charge is 0.126 e.